The van der Waals surface area contributed by atoms with E-state index in [0.29, 0.717) is 19.4 Å². The molecule has 1 fully saturated rings. The molecular weight excluding hydrogens is 232 g/mol. The van der Waals surface area contributed by atoms with Gasteiger partial charge < -0.3 is 15.3 Å². The third-order valence-electron chi connectivity index (χ3n) is 3.82. The Hall–Kier alpha value is -1.26. The van der Waals surface area contributed by atoms with Crippen molar-refractivity contribution in [3.8, 4) is 0 Å². The van der Waals surface area contributed by atoms with E-state index in [0.717, 1.165) is 6.42 Å². The third kappa shape index (κ3) is 3.62. The first-order chi connectivity index (χ1) is 8.26. The van der Waals surface area contributed by atoms with Gasteiger partial charge in [-0.05, 0) is 40.0 Å². The molecule has 0 aromatic rings. The maximum absolute atomic E-state index is 12.1. The Morgan fingerprint density at radius 2 is 2.06 bits per heavy atom. The zero-order valence-electron chi connectivity index (χ0n) is 11.7. The van der Waals surface area contributed by atoms with Crippen LogP contribution in [0.2, 0.25) is 0 Å². The molecule has 0 aromatic heterocycles. The average molecular weight is 256 g/mol. The van der Waals surface area contributed by atoms with E-state index in [4.69, 9.17) is 5.11 Å². The van der Waals surface area contributed by atoms with E-state index >= 15 is 0 Å². The minimum Gasteiger partial charge on any atom is -0.481 e. The fraction of sp³-hybridized carbons (Fsp3) is 0.846. The van der Waals surface area contributed by atoms with Gasteiger partial charge in [0.25, 0.3) is 0 Å². The number of carbonyl (C=O) groups is 2. The Bertz CT molecular complexity index is 328. The molecule has 104 valence electrons. The van der Waals surface area contributed by atoms with E-state index < -0.39 is 5.97 Å². The van der Waals surface area contributed by atoms with Crippen molar-refractivity contribution in [1.29, 1.82) is 0 Å². The number of aliphatic carboxylic acids is 1. The van der Waals surface area contributed by atoms with Crippen LogP contribution in [-0.4, -0.2) is 40.1 Å². The van der Waals surface area contributed by atoms with E-state index in [1.165, 1.54) is 0 Å². The Kier molecular flexibility index (Phi) is 4.59. The average Bonchev–Trinajstić information content (AvgIpc) is 2.28. The second kappa shape index (κ2) is 5.59. The summed E-state index contributed by atoms with van der Waals surface area (Å²) in [7, 11) is 0. The summed E-state index contributed by atoms with van der Waals surface area (Å²) >= 11 is 0. The zero-order valence-corrected chi connectivity index (χ0v) is 11.7. The van der Waals surface area contributed by atoms with Crippen molar-refractivity contribution in [2.45, 2.75) is 58.5 Å². The van der Waals surface area contributed by atoms with Gasteiger partial charge in [-0.15, -0.1) is 0 Å². The molecule has 5 nitrogen and oxygen atoms in total. The Morgan fingerprint density at radius 1 is 1.44 bits per heavy atom. The highest BCUT2D eigenvalue weighted by atomic mass is 16.4. The molecule has 18 heavy (non-hydrogen) atoms. The van der Waals surface area contributed by atoms with E-state index in [1.807, 2.05) is 27.7 Å². The van der Waals surface area contributed by atoms with E-state index in [2.05, 4.69) is 5.32 Å². The number of carbonyl (C=O) groups excluding carboxylic acids is 1. The van der Waals surface area contributed by atoms with Crippen LogP contribution in [-0.2, 0) is 4.79 Å². The number of hydrogen-bond donors (Lipinski definition) is 2. The number of nitrogens with one attached hydrogen (secondary N) is 1. The van der Waals surface area contributed by atoms with Crippen LogP contribution in [0, 0.1) is 5.92 Å². The molecule has 0 radical (unpaired) electrons. The minimum absolute atomic E-state index is 0.0208. The normalized spacial score (nSPS) is 24.8. The molecule has 0 spiro atoms. The van der Waals surface area contributed by atoms with Gasteiger partial charge in [0, 0.05) is 18.1 Å². The van der Waals surface area contributed by atoms with Gasteiger partial charge in [-0.3, -0.25) is 4.79 Å². The highest BCUT2D eigenvalue weighted by molar-refractivity contribution is 5.76. The number of rotatable bonds is 3. The van der Waals surface area contributed by atoms with Gasteiger partial charge in [0.05, 0.1) is 5.92 Å². The minimum atomic E-state index is -0.754. The molecule has 0 aromatic carbocycles. The molecule has 1 heterocycles. The number of carboxylic acids is 1. The van der Waals surface area contributed by atoms with Crippen molar-refractivity contribution in [3.63, 3.8) is 0 Å². The largest absolute Gasteiger partial charge is 0.481 e. The molecule has 2 unspecified atom stereocenters. The van der Waals surface area contributed by atoms with Gasteiger partial charge in [-0.1, -0.05) is 6.92 Å². The van der Waals surface area contributed by atoms with Gasteiger partial charge in [-0.2, -0.15) is 0 Å². The van der Waals surface area contributed by atoms with Crippen LogP contribution < -0.4 is 5.32 Å². The summed E-state index contributed by atoms with van der Waals surface area (Å²) in [5.41, 5.74) is -0.222. The SMILES string of the molecule is CCC(C)(C)NC(=O)N1CCC(C(=O)O)CC1C. The van der Waals surface area contributed by atoms with Crippen LogP contribution in [0.25, 0.3) is 0 Å². The zero-order chi connectivity index (χ0) is 13.9. The van der Waals surface area contributed by atoms with Gasteiger partial charge in [0.2, 0.25) is 0 Å². The van der Waals surface area contributed by atoms with E-state index in [1.54, 1.807) is 4.90 Å². The summed E-state index contributed by atoms with van der Waals surface area (Å²) < 4.78 is 0. The van der Waals surface area contributed by atoms with Crippen molar-refractivity contribution in [2.24, 2.45) is 5.92 Å². The maximum Gasteiger partial charge on any atom is 0.318 e. The number of likely N-dealkylation sites (tertiary alicyclic amines) is 1. The lowest BCUT2D eigenvalue weighted by atomic mass is 9.92. The predicted octanol–water partition coefficient (Wildman–Crippen LogP) is 2.07. The van der Waals surface area contributed by atoms with Crippen LogP contribution in [0.1, 0.15) is 47.0 Å². The van der Waals surface area contributed by atoms with Crippen molar-refractivity contribution in [2.75, 3.05) is 6.54 Å². The summed E-state index contributed by atoms with van der Waals surface area (Å²) in [6.45, 7) is 8.43. The Balaban J connectivity index is 2.58. The summed E-state index contributed by atoms with van der Waals surface area (Å²) in [5, 5.41) is 12.0. The van der Waals surface area contributed by atoms with Crippen molar-refractivity contribution < 1.29 is 14.7 Å². The molecule has 0 saturated carbocycles. The number of urea groups is 1. The summed E-state index contributed by atoms with van der Waals surface area (Å²) in [4.78, 5) is 24.8. The van der Waals surface area contributed by atoms with Crippen molar-refractivity contribution in [1.82, 2.24) is 10.2 Å². The topological polar surface area (TPSA) is 69.6 Å². The molecule has 5 heteroatoms. The van der Waals surface area contributed by atoms with E-state index in [9.17, 15) is 9.59 Å². The summed E-state index contributed by atoms with van der Waals surface area (Å²) in [6.07, 6.45) is 1.94. The molecule has 1 aliphatic rings. The molecule has 0 bridgehead atoms. The van der Waals surface area contributed by atoms with Crippen molar-refractivity contribution in [3.05, 3.63) is 0 Å². The van der Waals surface area contributed by atoms with Gasteiger partial charge in [0.15, 0.2) is 0 Å². The number of carboxylic acid groups (broad SMARTS) is 1. The van der Waals surface area contributed by atoms with Crippen LogP contribution in [0.3, 0.4) is 0 Å². The number of amides is 2. The number of hydrogen-bond acceptors (Lipinski definition) is 2. The number of nitrogens with zero attached hydrogens (tertiary/aromatic N) is 1. The lowest BCUT2D eigenvalue weighted by Gasteiger charge is -2.38. The monoisotopic (exact) mass is 256 g/mol. The van der Waals surface area contributed by atoms with Gasteiger partial charge >= 0.3 is 12.0 Å². The maximum atomic E-state index is 12.1. The first-order valence-corrected chi connectivity index (χ1v) is 6.58. The number of piperidine rings is 1. The standard InChI is InChI=1S/C13H24N2O3/c1-5-13(3,4)14-12(18)15-7-6-10(11(16)17)8-9(15)2/h9-10H,5-8H2,1-4H3,(H,14,18)(H,16,17). The molecule has 1 rings (SSSR count). The van der Waals surface area contributed by atoms with Gasteiger partial charge in [-0.25, -0.2) is 4.79 Å². The van der Waals surface area contributed by atoms with E-state index in [-0.39, 0.29) is 23.5 Å². The lowest BCUT2D eigenvalue weighted by Crippen LogP contribution is -2.55. The third-order valence-corrected chi connectivity index (χ3v) is 3.82. The van der Waals surface area contributed by atoms with Gasteiger partial charge in [0.1, 0.15) is 0 Å². The fourth-order valence-corrected chi connectivity index (χ4v) is 2.15. The van der Waals surface area contributed by atoms with Crippen molar-refractivity contribution >= 4 is 12.0 Å². The second-order valence-corrected chi connectivity index (χ2v) is 5.77. The molecule has 1 saturated heterocycles. The molecule has 1 aliphatic heterocycles. The molecule has 2 amide bonds. The molecular formula is C13H24N2O3. The first kappa shape index (κ1) is 14.8. The second-order valence-electron chi connectivity index (χ2n) is 5.77. The molecule has 2 atom stereocenters. The highest BCUT2D eigenvalue weighted by Crippen LogP contribution is 2.23. The lowest BCUT2D eigenvalue weighted by molar-refractivity contribution is -0.143. The van der Waals surface area contributed by atoms with Crippen LogP contribution in [0.4, 0.5) is 4.79 Å². The Labute approximate surface area is 109 Å². The predicted molar refractivity (Wildman–Crippen MR) is 69.4 cm³/mol. The summed E-state index contributed by atoms with van der Waals surface area (Å²) in [6, 6.07) is -0.106. The Morgan fingerprint density at radius 3 is 2.50 bits per heavy atom. The first-order valence-electron chi connectivity index (χ1n) is 6.58. The van der Waals surface area contributed by atoms with Crippen LogP contribution in [0.15, 0.2) is 0 Å². The highest BCUT2D eigenvalue weighted by Gasteiger charge is 2.33. The smallest absolute Gasteiger partial charge is 0.318 e. The van der Waals surface area contributed by atoms with Crippen LogP contribution >= 0.6 is 0 Å². The quantitative estimate of drug-likeness (QED) is 0.812. The summed E-state index contributed by atoms with van der Waals surface area (Å²) in [5.74, 6) is -1.07. The molecule has 2 N–H and O–H groups in total. The fourth-order valence-electron chi connectivity index (χ4n) is 2.15. The molecule has 0 aliphatic carbocycles. The van der Waals surface area contributed by atoms with Crippen LogP contribution in [0.5, 0.6) is 0 Å².